The minimum absolute atomic E-state index is 0.651. The minimum atomic E-state index is 0.651. The molecule has 0 bridgehead atoms. The Morgan fingerprint density at radius 3 is 2.46 bits per heavy atom. The number of guanidine groups is 1. The average Bonchev–Trinajstić information content (AvgIpc) is 2.83. The number of nitrogens with zero attached hydrogens (tertiary/aromatic N) is 3. The van der Waals surface area contributed by atoms with Crippen LogP contribution >= 0.6 is 0 Å². The summed E-state index contributed by atoms with van der Waals surface area (Å²) in [5.41, 5.74) is 4.19. The van der Waals surface area contributed by atoms with Gasteiger partial charge in [0.2, 0.25) is 0 Å². The SMILES string of the molecule is CN=C(NCc1c(C)nn(C)c1C)Nc1ccc(OC)c(OC)c1. The van der Waals surface area contributed by atoms with Crippen molar-refractivity contribution in [3.8, 4) is 11.5 Å². The third-order valence-corrected chi connectivity index (χ3v) is 3.96. The summed E-state index contributed by atoms with van der Waals surface area (Å²) in [6, 6.07) is 5.63. The number of ether oxygens (including phenoxy) is 2. The Hall–Kier alpha value is -2.70. The number of aryl methyl sites for hydroxylation is 2. The van der Waals surface area contributed by atoms with Gasteiger partial charge < -0.3 is 20.1 Å². The van der Waals surface area contributed by atoms with E-state index in [1.165, 1.54) is 5.56 Å². The first kappa shape index (κ1) is 17.7. The maximum atomic E-state index is 5.32. The molecule has 1 aromatic heterocycles. The van der Waals surface area contributed by atoms with Gasteiger partial charge in [-0.05, 0) is 26.0 Å². The molecule has 2 N–H and O–H groups in total. The van der Waals surface area contributed by atoms with Crippen molar-refractivity contribution in [1.29, 1.82) is 0 Å². The average molecular weight is 331 g/mol. The lowest BCUT2D eigenvalue weighted by Crippen LogP contribution is -2.30. The van der Waals surface area contributed by atoms with Crippen molar-refractivity contribution in [1.82, 2.24) is 15.1 Å². The summed E-state index contributed by atoms with van der Waals surface area (Å²) >= 11 is 0. The number of hydrogen-bond donors (Lipinski definition) is 2. The van der Waals surface area contributed by atoms with Crippen molar-refractivity contribution in [2.24, 2.45) is 12.0 Å². The first-order chi connectivity index (χ1) is 11.5. The van der Waals surface area contributed by atoms with Crippen molar-refractivity contribution in [3.05, 3.63) is 35.2 Å². The first-order valence-electron chi connectivity index (χ1n) is 7.69. The second-order valence-corrected chi connectivity index (χ2v) is 5.39. The van der Waals surface area contributed by atoms with Crippen LogP contribution in [0.15, 0.2) is 23.2 Å². The molecule has 2 aromatic rings. The van der Waals surface area contributed by atoms with Crippen LogP contribution in [-0.4, -0.2) is 37.0 Å². The van der Waals surface area contributed by atoms with Crippen LogP contribution < -0.4 is 20.1 Å². The Bertz CT molecular complexity index is 737. The van der Waals surface area contributed by atoms with E-state index in [4.69, 9.17) is 9.47 Å². The highest BCUT2D eigenvalue weighted by molar-refractivity contribution is 5.93. The second kappa shape index (κ2) is 7.72. The highest BCUT2D eigenvalue weighted by Gasteiger charge is 2.10. The van der Waals surface area contributed by atoms with Gasteiger partial charge in [-0.25, -0.2) is 0 Å². The summed E-state index contributed by atoms with van der Waals surface area (Å²) in [5.74, 6) is 2.02. The molecule has 0 amide bonds. The highest BCUT2D eigenvalue weighted by atomic mass is 16.5. The molecule has 0 radical (unpaired) electrons. The normalized spacial score (nSPS) is 11.3. The quantitative estimate of drug-likeness (QED) is 0.649. The monoisotopic (exact) mass is 331 g/mol. The minimum Gasteiger partial charge on any atom is -0.493 e. The van der Waals surface area contributed by atoms with Gasteiger partial charge in [-0.15, -0.1) is 0 Å². The van der Waals surface area contributed by atoms with E-state index in [0.29, 0.717) is 24.0 Å². The van der Waals surface area contributed by atoms with Gasteiger partial charge in [-0.3, -0.25) is 9.67 Å². The number of hydrogen-bond acceptors (Lipinski definition) is 4. The smallest absolute Gasteiger partial charge is 0.195 e. The number of aliphatic imine (C=N–C) groups is 1. The molecular formula is C17H25N5O2. The molecule has 0 spiro atoms. The summed E-state index contributed by atoms with van der Waals surface area (Å²) in [4.78, 5) is 4.26. The molecule has 1 aromatic carbocycles. The molecule has 0 saturated heterocycles. The van der Waals surface area contributed by atoms with E-state index in [1.54, 1.807) is 21.3 Å². The fraction of sp³-hybridized carbons (Fsp3) is 0.412. The van der Waals surface area contributed by atoms with Crippen LogP contribution in [0.3, 0.4) is 0 Å². The predicted molar refractivity (Wildman–Crippen MR) is 96.0 cm³/mol. The van der Waals surface area contributed by atoms with Crippen LogP contribution in [0.25, 0.3) is 0 Å². The highest BCUT2D eigenvalue weighted by Crippen LogP contribution is 2.29. The zero-order valence-corrected chi connectivity index (χ0v) is 15.1. The third-order valence-electron chi connectivity index (χ3n) is 3.96. The van der Waals surface area contributed by atoms with Gasteiger partial charge in [0.25, 0.3) is 0 Å². The summed E-state index contributed by atoms with van der Waals surface area (Å²) in [6.07, 6.45) is 0. The summed E-state index contributed by atoms with van der Waals surface area (Å²) in [6.45, 7) is 4.72. The van der Waals surface area contributed by atoms with Gasteiger partial charge >= 0.3 is 0 Å². The predicted octanol–water partition coefficient (Wildman–Crippen LogP) is 2.24. The molecule has 0 aliphatic rings. The lowest BCUT2D eigenvalue weighted by molar-refractivity contribution is 0.355. The zero-order valence-electron chi connectivity index (χ0n) is 15.1. The molecule has 0 atom stereocenters. The van der Waals surface area contributed by atoms with Gasteiger partial charge in [0.05, 0.1) is 19.9 Å². The summed E-state index contributed by atoms with van der Waals surface area (Å²) < 4.78 is 12.5. The van der Waals surface area contributed by atoms with E-state index in [2.05, 4.69) is 27.6 Å². The van der Waals surface area contributed by atoms with Gasteiger partial charge in [0, 0.05) is 43.7 Å². The maximum Gasteiger partial charge on any atom is 0.195 e. The van der Waals surface area contributed by atoms with Gasteiger partial charge in [0.15, 0.2) is 17.5 Å². The Morgan fingerprint density at radius 2 is 1.92 bits per heavy atom. The van der Waals surface area contributed by atoms with Crippen LogP contribution in [0.2, 0.25) is 0 Å². The Morgan fingerprint density at radius 1 is 1.21 bits per heavy atom. The van der Waals surface area contributed by atoms with E-state index in [-0.39, 0.29) is 0 Å². The van der Waals surface area contributed by atoms with Gasteiger partial charge in [0.1, 0.15) is 0 Å². The zero-order chi connectivity index (χ0) is 17.7. The van der Waals surface area contributed by atoms with E-state index in [0.717, 1.165) is 17.1 Å². The van der Waals surface area contributed by atoms with Crippen molar-refractivity contribution >= 4 is 11.6 Å². The van der Waals surface area contributed by atoms with Crippen molar-refractivity contribution in [3.63, 3.8) is 0 Å². The standard InChI is InChI=1S/C17H25N5O2/c1-11-14(12(2)22(4)21-11)10-19-17(18-3)20-13-7-8-15(23-5)16(9-13)24-6/h7-9H,10H2,1-6H3,(H2,18,19,20). The molecule has 24 heavy (non-hydrogen) atoms. The molecule has 0 aliphatic heterocycles. The molecular weight excluding hydrogens is 306 g/mol. The Kier molecular flexibility index (Phi) is 5.68. The third kappa shape index (κ3) is 3.79. The van der Waals surface area contributed by atoms with Crippen LogP contribution in [-0.2, 0) is 13.6 Å². The molecule has 130 valence electrons. The van der Waals surface area contributed by atoms with Crippen molar-refractivity contribution in [2.75, 3.05) is 26.6 Å². The number of nitrogens with one attached hydrogen (secondary N) is 2. The van der Waals surface area contributed by atoms with Crippen LogP contribution in [0.1, 0.15) is 17.0 Å². The van der Waals surface area contributed by atoms with Gasteiger partial charge in [-0.2, -0.15) is 5.10 Å². The molecule has 2 rings (SSSR count). The maximum absolute atomic E-state index is 5.32. The van der Waals surface area contributed by atoms with Crippen LogP contribution in [0, 0.1) is 13.8 Å². The van der Waals surface area contributed by atoms with E-state index < -0.39 is 0 Å². The Labute approximate surface area is 142 Å². The van der Waals surface area contributed by atoms with Crippen LogP contribution in [0.4, 0.5) is 5.69 Å². The molecule has 0 fully saturated rings. The molecule has 1 heterocycles. The van der Waals surface area contributed by atoms with Crippen molar-refractivity contribution < 1.29 is 9.47 Å². The lowest BCUT2D eigenvalue weighted by Gasteiger charge is -2.14. The molecule has 7 nitrogen and oxygen atoms in total. The topological polar surface area (TPSA) is 72.7 Å². The van der Waals surface area contributed by atoms with Gasteiger partial charge in [-0.1, -0.05) is 0 Å². The van der Waals surface area contributed by atoms with E-state index in [1.807, 2.05) is 36.9 Å². The fourth-order valence-corrected chi connectivity index (χ4v) is 2.48. The number of methoxy groups -OCH3 is 2. The largest absolute Gasteiger partial charge is 0.493 e. The van der Waals surface area contributed by atoms with E-state index in [9.17, 15) is 0 Å². The number of anilines is 1. The second-order valence-electron chi connectivity index (χ2n) is 5.39. The lowest BCUT2D eigenvalue weighted by atomic mass is 10.2. The first-order valence-corrected chi connectivity index (χ1v) is 7.69. The number of aromatic nitrogens is 2. The number of rotatable bonds is 5. The van der Waals surface area contributed by atoms with E-state index >= 15 is 0 Å². The number of benzene rings is 1. The fourth-order valence-electron chi connectivity index (χ4n) is 2.48. The molecule has 0 aliphatic carbocycles. The van der Waals surface area contributed by atoms with Crippen molar-refractivity contribution in [2.45, 2.75) is 20.4 Å². The molecule has 0 saturated carbocycles. The van der Waals surface area contributed by atoms with Crippen LogP contribution in [0.5, 0.6) is 11.5 Å². The summed E-state index contributed by atoms with van der Waals surface area (Å²) in [7, 11) is 6.91. The molecule has 0 unspecified atom stereocenters. The molecule has 7 heteroatoms. The Balaban J connectivity index is 2.07. The summed E-state index contributed by atoms with van der Waals surface area (Å²) in [5, 5.41) is 11.0.